The molecule has 0 aromatic carbocycles. The number of allylic oxidation sites excluding steroid dienone is 4. The SMILES string of the molecule is B/C(C)=C/C=C(\C)C(=O)CCl. The Hall–Kier alpha value is -0.495. The fraction of sp³-hybridized carbons (Fsp3) is 0.375. The van der Waals surface area contributed by atoms with Crippen LogP contribution in [0.5, 0.6) is 0 Å². The maximum Gasteiger partial charge on any atom is 0.173 e. The molecule has 0 aromatic rings. The third-order valence-electron chi connectivity index (χ3n) is 1.23. The summed E-state index contributed by atoms with van der Waals surface area (Å²) in [5.41, 5.74) is 1.88. The number of carbonyl (C=O) groups excluding carboxylic acids is 1. The summed E-state index contributed by atoms with van der Waals surface area (Å²) in [4.78, 5) is 10.9. The quantitative estimate of drug-likeness (QED) is 0.270. The van der Waals surface area contributed by atoms with Crippen LogP contribution in [0.1, 0.15) is 13.8 Å². The lowest BCUT2D eigenvalue weighted by Gasteiger charge is -1.92. The molecule has 0 amide bonds. The summed E-state index contributed by atoms with van der Waals surface area (Å²) in [6.07, 6.45) is 3.69. The van der Waals surface area contributed by atoms with Crippen molar-refractivity contribution >= 4 is 25.2 Å². The van der Waals surface area contributed by atoms with E-state index in [9.17, 15) is 4.79 Å². The largest absolute Gasteiger partial charge is 0.293 e. The highest BCUT2D eigenvalue weighted by atomic mass is 35.5. The first-order valence-electron chi connectivity index (χ1n) is 3.49. The van der Waals surface area contributed by atoms with Crippen molar-refractivity contribution in [1.82, 2.24) is 0 Å². The number of hydrogen-bond donors (Lipinski definition) is 0. The number of alkyl halides is 1. The highest BCUT2D eigenvalue weighted by Crippen LogP contribution is 1.98. The van der Waals surface area contributed by atoms with Crippen LogP contribution in [0, 0.1) is 0 Å². The molecule has 0 bridgehead atoms. The van der Waals surface area contributed by atoms with E-state index in [0.29, 0.717) is 5.57 Å². The van der Waals surface area contributed by atoms with Crippen molar-refractivity contribution < 1.29 is 4.79 Å². The van der Waals surface area contributed by atoms with E-state index in [4.69, 9.17) is 11.6 Å². The van der Waals surface area contributed by atoms with E-state index >= 15 is 0 Å². The predicted molar refractivity (Wildman–Crippen MR) is 51.8 cm³/mol. The Bertz CT molecular complexity index is 202. The minimum absolute atomic E-state index is 0.0100. The third kappa shape index (κ3) is 4.85. The lowest BCUT2D eigenvalue weighted by molar-refractivity contribution is -0.113. The molecule has 0 aromatic heterocycles. The number of halogens is 1. The maximum atomic E-state index is 10.9. The fourth-order valence-electron chi connectivity index (χ4n) is 0.490. The first kappa shape index (κ1) is 10.5. The van der Waals surface area contributed by atoms with Gasteiger partial charge >= 0.3 is 0 Å². The van der Waals surface area contributed by atoms with Crippen LogP contribution >= 0.6 is 11.6 Å². The molecule has 0 rings (SSSR count). The summed E-state index contributed by atoms with van der Waals surface area (Å²) in [5, 5.41) is 0. The number of Topliss-reactive ketones (excluding diaryl/α,β-unsaturated/α-hetero) is 1. The van der Waals surface area contributed by atoms with Gasteiger partial charge in [-0.2, -0.15) is 0 Å². The molecule has 60 valence electrons. The summed E-state index contributed by atoms with van der Waals surface area (Å²) in [6.45, 7) is 3.75. The minimum Gasteiger partial charge on any atom is -0.293 e. The van der Waals surface area contributed by atoms with Gasteiger partial charge in [-0.05, 0) is 12.5 Å². The van der Waals surface area contributed by atoms with Crippen LogP contribution in [0.25, 0.3) is 0 Å². The van der Waals surface area contributed by atoms with Crippen LogP contribution < -0.4 is 0 Å². The molecule has 3 heteroatoms. The van der Waals surface area contributed by atoms with E-state index < -0.39 is 0 Å². The normalized spacial score (nSPS) is 13.4. The summed E-state index contributed by atoms with van der Waals surface area (Å²) in [6, 6.07) is 0. The number of ketones is 1. The third-order valence-corrected chi connectivity index (χ3v) is 1.47. The molecule has 0 N–H and O–H groups in total. The standard InChI is InChI=1S/C8H12BClO/c1-6(8(11)5-10)3-4-7(2)9/h3-4H,5,9H2,1-2H3/b6-3+,7-4+. The zero-order valence-electron chi connectivity index (χ0n) is 7.15. The molecule has 0 radical (unpaired) electrons. The molecule has 1 nitrogen and oxygen atoms in total. The Labute approximate surface area is 73.5 Å². The van der Waals surface area contributed by atoms with Gasteiger partial charge in [0.05, 0.1) is 5.88 Å². The molecule has 0 spiro atoms. The molecule has 0 saturated carbocycles. The smallest absolute Gasteiger partial charge is 0.173 e. The highest BCUT2D eigenvalue weighted by Gasteiger charge is 1.98. The second kappa shape index (κ2) is 5.19. The van der Waals surface area contributed by atoms with E-state index in [-0.39, 0.29) is 11.7 Å². The molecule has 0 atom stereocenters. The topological polar surface area (TPSA) is 17.1 Å². The van der Waals surface area contributed by atoms with Crippen molar-refractivity contribution in [1.29, 1.82) is 0 Å². The van der Waals surface area contributed by atoms with Gasteiger partial charge in [0.1, 0.15) is 7.85 Å². The van der Waals surface area contributed by atoms with Crippen LogP contribution in [0.3, 0.4) is 0 Å². The maximum absolute atomic E-state index is 10.9. The highest BCUT2D eigenvalue weighted by molar-refractivity contribution is 6.30. The van der Waals surface area contributed by atoms with E-state index in [2.05, 4.69) is 0 Å². The zero-order chi connectivity index (χ0) is 8.85. The fourth-order valence-corrected chi connectivity index (χ4v) is 0.701. The van der Waals surface area contributed by atoms with Crippen molar-refractivity contribution in [3.8, 4) is 0 Å². The summed E-state index contributed by atoms with van der Waals surface area (Å²) >= 11 is 5.35. The minimum atomic E-state index is -0.0100. The first-order chi connectivity index (χ1) is 5.07. The Kier molecular flexibility index (Phi) is 4.96. The van der Waals surface area contributed by atoms with Crippen molar-refractivity contribution in [3.05, 3.63) is 23.2 Å². The van der Waals surface area contributed by atoms with Gasteiger partial charge in [-0.15, -0.1) is 17.1 Å². The number of hydrogen-bond acceptors (Lipinski definition) is 1. The van der Waals surface area contributed by atoms with Crippen molar-refractivity contribution in [2.45, 2.75) is 13.8 Å². The molecule has 0 heterocycles. The molecule has 0 aliphatic carbocycles. The lowest BCUT2D eigenvalue weighted by Crippen LogP contribution is -1.99. The number of rotatable bonds is 3. The van der Waals surface area contributed by atoms with Gasteiger partial charge in [0.15, 0.2) is 5.78 Å². The Morgan fingerprint density at radius 3 is 2.36 bits per heavy atom. The summed E-state index contributed by atoms with van der Waals surface area (Å²) in [5.74, 6) is 0.0584. The molecule has 11 heavy (non-hydrogen) atoms. The van der Waals surface area contributed by atoms with Crippen LogP contribution in [-0.2, 0) is 4.79 Å². The Morgan fingerprint density at radius 2 is 2.00 bits per heavy atom. The van der Waals surface area contributed by atoms with E-state index in [1.54, 1.807) is 13.0 Å². The van der Waals surface area contributed by atoms with Crippen molar-refractivity contribution in [2.24, 2.45) is 0 Å². The van der Waals surface area contributed by atoms with Crippen LogP contribution in [-0.4, -0.2) is 19.5 Å². The second-order valence-electron chi connectivity index (χ2n) is 2.65. The van der Waals surface area contributed by atoms with Crippen molar-refractivity contribution in [3.63, 3.8) is 0 Å². The average Bonchev–Trinajstić information content (AvgIpc) is 1.98. The summed E-state index contributed by atoms with van der Waals surface area (Å²) in [7, 11) is 1.98. The van der Waals surface area contributed by atoms with Gasteiger partial charge in [-0.25, -0.2) is 0 Å². The van der Waals surface area contributed by atoms with Gasteiger partial charge in [0, 0.05) is 0 Å². The Balaban J connectivity index is 4.23. The van der Waals surface area contributed by atoms with Crippen LogP contribution in [0.15, 0.2) is 23.2 Å². The Morgan fingerprint density at radius 1 is 1.45 bits per heavy atom. The molecule has 0 unspecified atom stereocenters. The monoisotopic (exact) mass is 170 g/mol. The molecule has 0 fully saturated rings. The van der Waals surface area contributed by atoms with Crippen molar-refractivity contribution in [2.75, 3.05) is 5.88 Å². The lowest BCUT2D eigenvalue weighted by atomic mass is 9.97. The molecule has 0 saturated heterocycles. The van der Waals surface area contributed by atoms with Gasteiger partial charge in [-0.3, -0.25) is 4.79 Å². The van der Waals surface area contributed by atoms with Gasteiger partial charge in [0.2, 0.25) is 0 Å². The van der Waals surface area contributed by atoms with Gasteiger partial charge < -0.3 is 0 Å². The molecular formula is C8H12BClO. The average molecular weight is 170 g/mol. The molecular weight excluding hydrogens is 158 g/mol. The van der Waals surface area contributed by atoms with Gasteiger partial charge in [-0.1, -0.05) is 19.1 Å². The van der Waals surface area contributed by atoms with E-state index in [1.807, 2.05) is 20.8 Å². The second-order valence-corrected chi connectivity index (χ2v) is 2.92. The molecule has 0 aliphatic rings. The molecule has 0 aliphatic heterocycles. The summed E-state index contributed by atoms with van der Waals surface area (Å²) < 4.78 is 0. The first-order valence-corrected chi connectivity index (χ1v) is 4.02. The zero-order valence-corrected chi connectivity index (χ0v) is 7.90. The van der Waals surface area contributed by atoms with Gasteiger partial charge in [0.25, 0.3) is 0 Å². The van der Waals surface area contributed by atoms with E-state index in [1.165, 1.54) is 5.47 Å². The van der Waals surface area contributed by atoms with Crippen LogP contribution in [0.4, 0.5) is 0 Å². The van der Waals surface area contributed by atoms with E-state index in [0.717, 1.165) is 0 Å². The number of carbonyl (C=O) groups is 1. The predicted octanol–water partition coefficient (Wildman–Crippen LogP) is 1.28. The van der Waals surface area contributed by atoms with Crippen LogP contribution in [0.2, 0.25) is 0 Å².